The highest BCUT2D eigenvalue weighted by Crippen LogP contribution is 2.35. The lowest BCUT2D eigenvalue weighted by molar-refractivity contribution is -0.274. The Morgan fingerprint density at radius 2 is 1.56 bits per heavy atom. The lowest BCUT2D eigenvalue weighted by atomic mass is 10.0. The molecule has 0 aliphatic carbocycles. The first kappa shape index (κ1) is 30.3. The fourth-order valence-electron chi connectivity index (χ4n) is 2.86. The molecular formula is C26H31F4N3O3. The fourth-order valence-corrected chi connectivity index (χ4v) is 2.86. The van der Waals surface area contributed by atoms with Crippen LogP contribution in [0.2, 0.25) is 0 Å². The van der Waals surface area contributed by atoms with Gasteiger partial charge in [0.1, 0.15) is 18.2 Å². The quantitative estimate of drug-likeness (QED) is 0.252. The Labute approximate surface area is 208 Å². The molecule has 0 N–H and O–H groups in total. The van der Waals surface area contributed by atoms with E-state index in [-0.39, 0.29) is 34.9 Å². The van der Waals surface area contributed by atoms with Gasteiger partial charge in [0.25, 0.3) is 5.88 Å². The van der Waals surface area contributed by atoms with Crippen LogP contribution in [0.1, 0.15) is 52.9 Å². The number of halogens is 4. The number of nitrogens with zero attached hydrogens (tertiary/aromatic N) is 3. The minimum atomic E-state index is -4.81. The average molecular weight is 510 g/mol. The molecule has 4 rings (SSSR count). The van der Waals surface area contributed by atoms with E-state index in [1.807, 2.05) is 41.5 Å². The summed E-state index contributed by atoms with van der Waals surface area (Å²) in [5.74, 6) is -0.440. The van der Waals surface area contributed by atoms with Crippen molar-refractivity contribution in [3.63, 3.8) is 0 Å². The number of aryl methyl sites for hydroxylation is 1. The van der Waals surface area contributed by atoms with Gasteiger partial charge in [-0.15, -0.1) is 13.2 Å². The second-order valence-electron chi connectivity index (χ2n) is 6.30. The van der Waals surface area contributed by atoms with E-state index in [0.29, 0.717) is 16.8 Å². The Morgan fingerprint density at radius 3 is 2.14 bits per heavy atom. The molecular weight excluding hydrogens is 478 g/mol. The molecule has 0 aliphatic heterocycles. The molecule has 0 fully saturated rings. The van der Waals surface area contributed by atoms with Gasteiger partial charge in [-0.25, -0.2) is 14.4 Å². The van der Waals surface area contributed by atoms with Gasteiger partial charge in [0.15, 0.2) is 11.4 Å². The first-order valence-corrected chi connectivity index (χ1v) is 11.6. The van der Waals surface area contributed by atoms with Gasteiger partial charge >= 0.3 is 6.36 Å². The largest absolute Gasteiger partial charge is 0.573 e. The molecule has 0 bridgehead atoms. The highest BCUT2D eigenvalue weighted by molar-refractivity contribution is 5.87. The van der Waals surface area contributed by atoms with E-state index in [2.05, 4.69) is 19.9 Å². The molecule has 36 heavy (non-hydrogen) atoms. The van der Waals surface area contributed by atoms with E-state index in [1.54, 1.807) is 18.5 Å². The highest BCUT2D eigenvalue weighted by atomic mass is 19.4. The van der Waals surface area contributed by atoms with Gasteiger partial charge in [0.05, 0.1) is 5.39 Å². The zero-order valence-electron chi connectivity index (χ0n) is 21.4. The smallest absolute Gasteiger partial charge is 0.467 e. The van der Waals surface area contributed by atoms with Crippen LogP contribution in [0.5, 0.6) is 11.6 Å². The van der Waals surface area contributed by atoms with Gasteiger partial charge in [-0.3, -0.25) is 0 Å². The zero-order chi connectivity index (χ0) is 27.3. The lowest BCUT2D eigenvalue weighted by Crippen LogP contribution is -2.17. The number of aromatic nitrogens is 3. The van der Waals surface area contributed by atoms with E-state index in [0.717, 1.165) is 12.1 Å². The van der Waals surface area contributed by atoms with Crippen LogP contribution in [0.15, 0.2) is 53.3 Å². The number of alkyl halides is 3. The van der Waals surface area contributed by atoms with Crippen LogP contribution in [0, 0.1) is 12.7 Å². The summed E-state index contributed by atoms with van der Waals surface area (Å²) >= 11 is 0. The monoisotopic (exact) mass is 509 g/mol. The van der Waals surface area contributed by atoms with Gasteiger partial charge in [0.2, 0.25) is 0 Å². The number of rotatable bonds is 5. The van der Waals surface area contributed by atoms with Crippen molar-refractivity contribution in [2.24, 2.45) is 0 Å². The van der Waals surface area contributed by atoms with Gasteiger partial charge < -0.3 is 14.0 Å². The molecule has 2 heterocycles. The molecule has 0 saturated heterocycles. The van der Waals surface area contributed by atoms with Crippen molar-refractivity contribution in [1.82, 2.24) is 15.1 Å². The van der Waals surface area contributed by atoms with Crippen molar-refractivity contribution in [2.75, 3.05) is 0 Å². The number of ether oxygens (including phenoxy) is 2. The predicted molar refractivity (Wildman–Crippen MR) is 131 cm³/mol. The number of hydrogen-bond donors (Lipinski definition) is 0. The van der Waals surface area contributed by atoms with Crippen molar-refractivity contribution in [1.29, 1.82) is 0 Å². The van der Waals surface area contributed by atoms with Crippen LogP contribution in [-0.2, 0) is 6.61 Å². The fraction of sp³-hybridized carbons (Fsp3) is 0.346. The summed E-state index contributed by atoms with van der Waals surface area (Å²) in [4.78, 5) is 8.07. The number of fused-ring (bicyclic) bond motifs is 1. The summed E-state index contributed by atoms with van der Waals surface area (Å²) in [5.41, 5.74) is 0.870. The Bertz CT molecular complexity index is 1200. The van der Waals surface area contributed by atoms with Crippen LogP contribution >= 0.6 is 0 Å². The summed E-state index contributed by atoms with van der Waals surface area (Å²) in [7, 11) is 0. The summed E-state index contributed by atoms with van der Waals surface area (Å²) in [5, 5.41) is 4.19. The van der Waals surface area contributed by atoms with Gasteiger partial charge in [-0.05, 0) is 47.5 Å². The van der Waals surface area contributed by atoms with Crippen LogP contribution < -0.4 is 9.47 Å². The molecule has 2 aromatic heterocycles. The van der Waals surface area contributed by atoms with Crippen molar-refractivity contribution < 1.29 is 31.6 Å². The Balaban J connectivity index is 0.00000101. The summed E-state index contributed by atoms with van der Waals surface area (Å²) in [6.07, 6.45) is -1.68. The van der Waals surface area contributed by atoms with E-state index >= 15 is 0 Å². The standard InChI is InChI=1S/C20H13F4N3O3.3C2H6/c1-11-7-12(3-4-16(11)29-20(22,23)24)13-8-14-17(9-15(13)21)30-27-19(14)28-10-18-25-5-2-6-26-18;3*1-2/h2-9H,10H2,1H3;3*1-2H3. The van der Waals surface area contributed by atoms with E-state index in [9.17, 15) is 17.6 Å². The predicted octanol–water partition coefficient (Wildman–Crippen LogP) is 8.29. The van der Waals surface area contributed by atoms with Crippen molar-refractivity contribution >= 4 is 11.0 Å². The SMILES string of the molecule is CC.CC.CC.Cc1cc(-c2cc3c(OCc4ncccn4)noc3cc2F)ccc1OC(F)(F)F. The lowest BCUT2D eigenvalue weighted by Gasteiger charge is -2.13. The van der Waals surface area contributed by atoms with Crippen LogP contribution in [0.4, 0.5) is 17.6 Å². The minimum absolute atomic E-state index is 0.0256. The molecule has 0 amide bonds. The molecule has 0 unspecified atom stereocenters. The summed E-state index contributed by atoms with van der Waals surface area (Å²) in [6.45, 7) is 13.5. The topological polar surface area (TPSA) is 70.3 Å². The Morgan fingerprint density at radius 1 is 0.917 bits per heavy atom. The zero-order valence-corrected chi connectivity index (χ0v) is 21.4. The Kier molecular flexibility index (Phi) is 12.3. The molecule has 6 nitrogen and oxygen atoms in total. The third-order valence-corrected chi connectivity index (χ3v) is 4.20. The van der Waals surface area contributed by atoms with Crippen molar-refractivity contribution in [3.8, 4) is 22.8 Å². The first-order chi connectivity index (χ1) is 17.3. The van der Waals surface area contributed by atoms with Crippen molar-refractivity contribution in [2.45, 2.75) is 61.4 Å². The second kappa shape index (κ2) is 14.7. The molecule has 4 aromatic rings. The normalized spacial score (nSPS) is 10.2. The third-order valence-electron chi connectivity index (χ3n) is 4.20. The van der Waals surface area contributed by atoms with E-state index in [4.69, 9.17) is 9.26 Å². The van der Waals surface area contributed by atoms with Gasteiger partial charge in [-0.1, -0.05) is 47.6 Å². The molecule has 10 heteroatoms. The maximum Gasteiger partial charge on any atom is 0.573 e. The molecule has 0 saturated carbocycles. The molecule has 196 valence electrons. The average Bonchev–Trinajstić information content (AvgIpc) is 3.28. The first-order valence-electron chi connectivity index (χ1n) is 11.6. The van der Waals surface area contributed by atoms with E-state index < -0.39 is 12.2 Å². The molecule has 0 aliphatic rings. The molecule has 0 radical (unpaired) electrons. The van der Waals surface area contributed by atoms with Crippen LogP contribution in [0.3, 0.4) is 0 Å². The van der Waals surface area contributed by atoms with Crippen molar-refractivity contribution in [3.05, 3.63) is 66.0 Å². The maximum atomic E-state index is 14.6. The maximum absolute atomic E-state index is 14.6. The molecule has 2 aromatic carbocycles. The Hall–Kier alpha value is -3.69. The number of benzene rings is 2. The van der Waals surface area contributed by atoms with Gasteiger partial charge in [-0.2, -0.15) is 0 Å². The molecule has 0 spiro atoms. The minimum Gasteiger partial charge on any atom is -0.467 e. The number of hydrogen-bond acceptors (Lipinski definition) is 6. The third kappa shape index (κ3) is 8.21. The summed E-state index contributed by atoms with van der Waals surface area (Å²) in [6, 6.07) is 8.14. The molecule has 0 atom stereocenters. The summed E-state index contributed by atoms with van der Waals surface area (Å²) < 4.78 is 66.6. The van der Waals surface area contributed by atoms with E-state index in [1.165, 1.54) is 25.1 Å². The highest BCUT2D eigenvalue weighted by Gasteiger charge is 2.31. The van der Waals surface area contributed by atoms with Crippen LogP contribution in [-0.4, -0.2) is 21.5 Å². The second-order valence-corrected chi connectivity index (χ2v) is 6.30. The van der Waals surface area contributed by atoms with Gasteiger partial charge in [0, 0.05) is 24.0 Å². The van der Waals surface area contributed by atoms with Crippen LogP contribution in [0.25, 0.3) is 22.1 Å².